The van der Waals surface area contributed by atoms with Gasteiger partial charge in [0.1, 0.15) is 5.75 Å². The summed E-state index contributed by atoms with van der Waals surface area (Å²) in [6.45, 7) is 7.24. The van der Waals surface area contributed by atoms with Gasteiger partial charge in [0.25, 0.3) is 0 Å². The number of hydrogen-bond donors (Lipinski definition) is 1. The topological polar surface area (TPSA) is 45.3 Å². The molecule has 3 rings (SSSR count). The Bertz CT molecular complexity index is 654. The summed E-state index contributed by atoms with van der Waals surface area (Å²) in [6.07, 6.45) is 5.75. The number of carbonyl (C=O) groups excluding carboxylic acids is 1. The molecule has 0 saturated carbocycles. The number of carbonyl (C=O) groups is 1. The Hall–Kier alpha value is -1.81. The predicted octanol–water partition coefficient (Wildman–Crippen LogP) is 3.37. The molecule has 1 aliphatic heterocycles. The molecule has 1 saturated heterocycles. The Balaban J connectivity index is 1.74. The molecule has 1 fully saturated rings. The van der Waals surface area contributed by atoms with Crippen LogP contribution in [0.15, 0.2) is 24.4 Å². The van der Waals surface area contributed by atoms with E-state index >= 15 is 0 Å². The number of fused-ring (bicyclic) bond motifs is 1. The Labute approximate surface area is 131 Å². The van der Waals surface area contributed by atoms with E-state index in [1.807, 2.05) is 32.0 Å². The van der Waals surface area contributed by atoms with Crippen molar-refractivity contribution in [3.63, 3.8) is 0 Å². The molecule has 118 valence electrons. The molecular formula is C18H24N2O2. The van der Waals surface area contributed by atoms with Crippen LogP contribution >= 0.6 is 0 Å². The van der Waals surface area contributed by atoms with Gasteiger partial charge in [-0.3, -0.25) is 4.79 Å². The van der Waals surface area contributed by atoms with E-state index < -0.39 is 0 Å². The van der Waals surface area contributed by atoms with Gasteiger partial charge in [0.15, 0.2) is 0 Å². The molecule has 0 spiro atoms. The van der Waals surface area contributed by atoms with Crippen LogP contribution in [0, 0.1) is 5.92 Å². The summed E-state index contributed by atoms with van der Waals surface area (Å²) in [5, 5.41) is 1.16. The molecule has 22 heavy (non-hydrogen) atoms. The summed E-state index contributed by atoms with van der Waals surface area (Å²) < 4.78 is 5.42. The van der Waals surface area contributed by atoms with Crippen LogP contribution in [0.5, 0.6) is 5.75 Å². The molecule has 0 atom stereocenters. The Morgan fingerprint density at radius 3 is 2.82 bits per heavy atom. The highest BCUT2D eigenvalue weighted by Crippen LogP contribution is 2.25. The van der Waals surface area contributed by atoms with E-state index in [1.165, 1.54) is 31.5 Å². The van der Waals surface area contributed by atoms with Gasteiger partial charge in [-0.15, -0.1) is 0 Å². The minimum atomic E-state index is -0.187. The number of nitrogens with zero attached hydrogens (tertiary/aromatic N) is 1. The zero-order valence-electron chi connectivity index (χ0n) is 13.4. The van der Waals surface area contributed by atoms with E-state index in [0.717, 1.165) is 23.9 Å². The van der Waals surface area contributed by atoms with Crippen LogP contribution in [0.3, 0.4) is 0 Å². The first-order valence-electron chi connectivity index (χ1n) is 8.17. The first-order valence-corrected chi connectivity index (χ1v) is 8.17. The summed E-state index contributed by atoms with van der Waals surface area (Å²) in [5.41, 5.74) is 2.39. The van der Waals surface area contributed by atoms with Gasteiger partial charge in [-0.2, -0.15) is 0 Å². The molecule has 0 aliphatic carbocycles. The molecule has 1 aromatic heterocycles. The molecule has 0 radical (unpaired) electrons. The van der Waals surface area contributed by atoms with E-state index in [9.17, 15) is 4.79 Å². The number of nitrogens with one attached hydrogen (secondary N) is 1. The summed E-state index contributed by atoms with van der Waals surface area (Å²) in [7, 11) is 0. The lowest BCUT2D eigenvalue weighted by molar-refractivity contribution is -0.137. The van der Waals surface area contributed by atoms with Gasteiger partial charge in [0, 0.05) is 23.6 Å². The van der Waals surface area contributed by atoms with Crippen molar-refractivity contribution in [1.82, 2.24) is 9.88 Å². The third kappa shape index (κ3) is 3.33. The smallest absolute Gasteiger partial charge is 0.313 e. The minimum Gasteiger partial charge on any atom is -0.426 e. The van der Waals surface area contributed by atoms with Crippen molar-refractivity contribution in [2.75, 3.05) is 19.6 Å². The lowest BCUT2D eigenvalue weighted by Crippen LogP contribution is -2.21. The van der Waals surface area contributed by atoms with Crippen molar-refractivity contribution >= 4 is 16.9 Å². The van der Waals surface area contributed by atoms with Crippen molar-refractivity contribution in [3.05, 3.63) is 30.0 Å². The van der Waals surface area contributed by atoms with Gasteiger partial charge in [0.05, 0.1) is 5.92 Å². The molecular weight excluding hydrogens is 276 g/mol. The van der Waals surface area contributed by atoms with Crippen molar-refractivity contribution in [1.29, 1.82) is 0 Å². The molecule has 1 aliphatic rings. The second-order valence-corrected chi connectivity index (χ2v) is 6.40. The number of ether oxygens (including phenoxy) is 1. The molecule has 2 aromatic rings. The molecule has 4 nitrogen and oxygen atoms in total. The van der Waals surface area contributed by atoms with Crippen LogP contribution < -0.4 is 4.74 Å². The summed E-state index contributed by atoms with van der Waals surface area (Å²) in [4.78, 5) is 17.6. The largest absolute Gasteiger partial charge is 0.426 e. The number of benzene rings is 1. The Morgan fingerprint density at radius 1 is 1.32 bits per heavy atom. The fourth-order valence-corrected chi connectivity index (χ4v) is 2.95. The molecule has 1 N–H and O–H groups in total. The lowest BCUT2D eigenvalue weighted by Gasteiger charge is -2.13. The highest BCUT2D eigenvalue weighted by Gasteiger charge is 2.14. The second kappa shape index (κ2) is 6.53. The molecule has 0 amide bonds. The van der Waals surface area contributed by atoms with Crippen molar-refractivity contribution in [2.45, 2.75) is 33.1 Å². The van der Waals surface area contributed by atoms with Crippen LogP contribution in [-0.4, -0.2) is 35.5 Å². The van der Waals surface area contributed by atoms with Crippen molar-refractivity contribution < 1.29 is 9.53 Å². The van der Waals surface area contributed by atoms with Crippen LogP contribution in [0.4, 0.5) is 0 Å². The average molecular weight is 300 g/mol. The molecule has 4 heteroatoms. The fourth-order valence-electron chi connectivity index (χ4n) is 2.95. The van der Waals surface area contributed by atoms with Crippen molar-refractivity contribution in [3.8, 4) is 5.75 Å². The van der Waals surface area contributed by atoms with E-state index in [-0.39, 0.29) is 11.9 Å². The normalized spacial score (nSPS) is 15.8. The number of rotatable bonds is 5. The van der Waals surface area contributed by atoms with Gasteiger partial charge in [-0.05, 0) is 56.1 Å². The number of likely N-dealkylation sites (tertiary alicyclic amines) is 1. The van der Waals surface area contributed by atoms with Gasteiger partial charge >= 0.3 is 5.97 Å². The zero-order chi connectivity index (χ0) is 15.5. The van der Waals surface area contributed by atoms with E-state index in [2.05, 4.69) is 16.1 Å². The number of aromatic nitrogens is 1. The lowest BCUT2D eigenvalue weighted by atomic mass is 10.1. The maximum Gasteiger partial charge on any atom is 0.313 e. The third-order valence-corrected chi connectivity index (χ3v) is 4.32. The predicted molar refractivity (Wildman–Crippen MR) is 88.1 cm³/mol. The molecule has 0 unspecified atom stereocenters. The fraction of sp³-hybridized carbons (Fsp3) is 0.500. The standard InChI is InChI=1S/C18H24N2O2/c1-13(2)18(21)22-15-5-6-17-16(11-15)14(12-19-17)7-10-20-8-3-4-9-20/h5-6,11-13,19H,3-4,7-10H2,1-2H3. The number of aromatic amines is 1. The third-order valence-electron chi connectivity index (χ3n) is 4.32. The maximum atomic E-state index is 11.7. The van der Waals surface area contributed by atoms with E-state index in [0.29, 0.717) is 5.75 Å². The van der Waals surface area contributed by atoms with Gasteiger partial charge < -0.3 is 14.6 Å². The van der Waals surface area contributed by atoms with Crippen molar-refractivity contribution in [2.24, 2.45) is 5.92 Å². The monoisotopic (exact) mass is 300 g/mol. The summed E-state index contributed by atoms with van der Waals surface area (Å²) in [5.74, 6) is 0.332. The Morgan fingerprint density at radius 2 is 2.09 bits per heavy atom. The first kappa shape index (κ1) is 15.1. The summed E-state index contributed by atoms with van der Waals surface area (Å²) >= 11 is 0. The number of H-pyrrole nitrogens is 1. The minimum absolute atomic E-state index is 0.114. The molecule has 0 bridgehead atoms. The Kier molecular flexibility index (Phi) is 4.48. The maximum absolute atomic E-state index is 11.7. The number of esters is 1. The first-order chi connectivity index (χ1) is 10.6. The summed E-state index contributed by atoms with van der Waals surface area (Å²) in [6, 6.07) is 5.81. The van der Waals surface area contributed by atoms with Crippen LogP contribution in [0.2, 0.25) is 0 Å². The highest BCUT2D eigenvalue weighted by molar-refractivity contribution is 5.85. The van der Waals surface area contributed by atoms with E-state index in [4.69, 9.17) is 4.74 Å². The van der Waals surface area contributed by atoms with Crippen LogP contribution in [-0.2, 0) is 11.2 Å². The SMILES string of the molecule is CC(C)C(=O)Oc1ccc2[nH]cc(CCN3CCCC3)c2c1. The van der Waals surface area contributed by atoms with Gasteiger partial charge in [0.2, 0.25) is 0 Å². The van der Waals surface area contributed by atoms with Crippen LogP contribution in [0.25, 0.3) is 10.9 Å². The second-order valence-electron chi connectivity index (χ2n) is 6.40. The van der Waals surface area contributed by atoms with Gasteiger partial charge in [-0.1, -0.05) is 13.8 Å². The van der Waals surface area contributed by atoms with Gasteiger partial charge in [-0.25, -0.2) is 0 Å². The molecule has 1 aromatic carbocycles. The quantitative estimate of drug-likeness (QED) is 0.680. The average Bonchev–Trinajstić information content (AvgIpc) is 3.14. The van der Waals surface area contributed by atoms with Crippen LogP contribution in [0.1, 0.15) is 32.3 Å². The van der Waals surface area contributed by atoms with E-state index in [1.54, 1.807) is 0 Å². The zero-order valence-corrected chi connectivity index (χ0v) is 13.4. The number of hydrogen-bond acceptors (Lipinski definition) is 3. The molecule has 2 heterocycles. The highest BCUT2D eigenvalue weighted by atomic mass is 16.5.